The summed E-state index contributed by atoms with van der Waals surface area (Å²) in [6.45, 7) is 3.91. The summed E-state index contributed by atoms with van der Waals surface area (Å²) in [5.41, 5.74) is 0. The molecule has 0 saturated carbocycles. The van der Waals surface area contributed by atoms with E-state index in [0.717, 1.165) is 6.42 Å². The van der Waals surface area contributed by atoms with Crippen molar-refractivity contribution in [2.45, 2.75) is 145 Å². The Morgan fingerprint density at radius 3 is 0.880 bits per heavy atom. The molecule has 0 heterocycles. The normalized spacial score (nSPS) is 12.0. The zero-order chi connectivity index (χ0) is 18.6. The molecule has 0 bridgehead atoms. The van der Waals surface area contributed by atoms with Crippen LogP contribution in [-0.4, -0.2) is 13.3 Å². The Hall–Kier alpha value is 0.543. The quantitative estimate of drug-likeness (QED) is 0.138. The Morgan fingerprint density at radius 1 is 0.400 bits per heavy atom. The molecule has 0 aromatic rings. The third-order valence-electron chi connectivity index (χ3n) is 5.43. The van der Waals surface area contributed by atoms with E-state index in [2.05, 4.69) is 24.2 Å². The van der Waals surface area contributed by atoms with Crippen LogP contribution in [-0.2, 0) is 0 Å². The van der Waals surface area contributed by atoms with Crippen molar-refractivity contribution in [1.82, 2.24) is 0 Å². The molecule has 0 rings (SSSR count). The van der Waals surface area contributed by atoms with E-state index in [1.165, 1.54) is 116 Å². The SMILES string of the molecule is [CH2]CCCCCCCCCCCCCCCCCCC[CH2][Ge]([CH3])([CH3])[CH3]. The van der Waals surface area contributed by atoms with Gasteiger partial charge in [0.1, 0.15) is 0 Å². The fraction of sp³-hybridized carbons (Fsp3) is 0.958. The van der Waals surface area contributed by atoms with Crippen LogP contribution >= 0.6 is 0 Å². The van der Waals surface area contributed by atoms with Gasteiger partial charge in [0.2, 0.25) is 0 Å². The van der Waals surface area contributed by atoms with Gasteiger partial charge < -0.3 is 0 Å². The van der Waals surface area contributed by atoms with Gasteiger partial charge in [0, 0.05) is 0 Å². The molecule has 0 saturated heterocycles. The van der Waals surface area contributed by atoms with Crippen LogP contribution in [0.3, 0.4) is 0 Å². The third kappa shape index (κ3) is 24.5. The average molecular weight is 412 g/mol. The van der Waals surface area contributed by atoms with Crippen molar-refractivity contribution in [2.75, 3.05) is 0 Å². The maximum atomic E-state index is 3.91. The molecule has 25 heavy (non-hydrogen) atoms. The van der Waals surface area contributed by atoms with E-state index in [4.69, 9.17) is 0 Å². The van der Waals surface area contributed by atoms with Crippen LogP contribution in [0.2, 0.25) is 22.5 Å². The topological polar surface area (TPSA) is 0 Å². The second-order valence-electron chi connectivity index (χ2n) is 9.53. The number of rotatable bonds is 20. The molecule has 151 valence electrons. The number of unbranched alkanes of at least 4 members (excludes halogenated alkanes) is 18. The van der Waals surface area contributed by atoms with Crippen LogP contribution < -0.4 is 0 Å². The van der Waals surface area contributed by atoms with E-state index in [1.807, 2.05) is 0 Å². The number of hydrogen-bond acceptors (Lipinski definition) is 0. The Morgan fingerprint density at radius 2 is 0.640 bits per heavy atom. The second-order valence-corrected chi connectivity index (χ2v) is 21.3. The Bertz CT molecular complexity index is 241. The minimum absolute atomic E-state index is 1.12. The monoisotopic (exact) mass is 413 g/mol. The molecule has 1 radical (unpaired) electrons. The van der Waals surface area contributed by atoms with E-state index in [1.54, 1.807) is 5.25 Å². The summed E-state index contributed by atoms with van der Waals surface area (Å²) in [4.78, 5) is 0. The molecule has 0 aliphatic heterocycles. The summed E-state index contributed by atoms with van der Waals surface area (Å²) in [5, 5.41) is 1.58. The summed E-state index contributed by atoms with van der Waals surface area (Å²) >= 11 is -1.23. The van der Waals surface area contributed by atoms with Crippen LogP contribution in [0.5, 0.6) is 0 Å². The summed E-state index contributed by atoms with van der Waals surface area (Å²) in [5.74, 6) is 7.65. The van der Waals surface area contributed by atoms with Gasteiger partial charge in [-0.25, -0.2) is 0 Å². The van der Waals surface area contributed by atoms with Gasteiger partial charge in [-0.1, -0.05) is 58.3 Å². The molecule has 0 aromatic heterocycles. The van der Waals surface area contributed by atoms with Crippen molar-refractivity contribution in [2.24, 2.45) is 0 Å². The summed E-state index contributed by atoms with van der Waals surface area (Å²) < 4.78 is 0. The molecule has 0 spiro atoms. The van der Waals surface area contributed by atoms with Gasteiger partial charge in [0.05, 0.1) is 0 Å². The van der Waals surface area contributed by atoms with Gasteiger partial charge in [0.15, 0.2) is 0 Å². The number of hydrogen-bond donors (Lipinski definition) is 0. The fourth-order valence-electron chi connectivity index (χ4n) is 3.66. The van der Waals surface area contributed by atoms with Gasteiger partial charge >= 0.3 is 106 Å². The van der Waals surface area contributed by atoms with Crippen LogP contribution in [0.1, 0.15) is 122 Å². The first-order chi connectivity index (χ1) is 12.1. The van der Waals surface area contributed by atoms with E-state index < -0.39 is 13.3 Å². The molecule has 0 nitrogen and oxygen atoms in total. The molecule has 0 amide bonds. The van der Waals surface area contributed by atoms with Gasteiger partial charge in [-0.15, -0.1) is 0 Å². The van der Waals surface area contributed by atoms with Gasteiger partial charge in [0.25, 0.3) is 0 Å². The van der Waals surface area contributed by atoms with Crippen LogP contribution in [0, 0.1) is 6.92 Å². The fourth-order valence-corrected chi connectivity index (χ4v) is 6.41. The molecule has 0 aromatic carbocycles. The van der Waals surface area contributed by atoms with Crippen molar-refractivity contribution in [3.05, 3.63) is 6.92 Å². The summed E-state index contributed by atoms with van der Waals surface area (Å²) in [6, 6.07) is 0. The molecule has 0 aliphatic carbocycles. The van der Waals surface area contributed by atoms with Crippen molar-refractivity contribution in [3.63, 3.8) is 0 Å². The molecule has 0 fully saturated rings. The molecule has 0 unspecified atom stereocenters. The first kappa shape index (κ1) is 25.5. The van der Waals surface area contributed by atoms with Crippen LogP contribution in [0.4, 0.5) is 0 Å². The van der Waals surface area contributed by atoms with Gasteiger partial charge in [-0.3, -0.25) is 0 Å². The zero-order valence-corrected chi connectivity index (χ0v) is 20.4. The Balaban J connectivity index is 3.01. The second kappa shape index (κ2) is 19.3. The van der Waals surface area contributed by atoms with E-state index in [-0.39, 0.29) is 0 Å². The molecule has 1 heteroatoms. The van der Waals surface area contributed by atoms with Gasteiger partial charge in [-0.05, 0) is 0 Å². The Kier molecular flexibility index (Phi) is 19.7. The van der Waals surface area contributed by atoms with Crippen molar-refractivity contribution in [1.29, 1.82) is 0 Å². The third-order valence-corrected chi connectivity index (χ3v) is 9.32. The predicted molar refractivity (Wildman–Crippen MR) is 121 cm³/mol. The van der Waals surface area contributed by atoms with Crippen molar-refractivity contribution >= 4 is 13.3 Å². The van der Waals surface area contributed by atoms with Crippen molar-refractivity contribution in [3.8, 4) is 0 Å². The van der Waals surface area contributed by atoms with E-state index in [0.29, 0.717) is 0 Å². The molecule has 0 atom stereocenters. The van der Waals surface area contributed by atoms with E-state index >= 15 is 0 Å². The Labute approximate surface area is 164 Å². The van der Waals surface area contributed by atoms with Crippen molar-refractivity contribution < 1.29 is 0 Å². The first-order valence-electron chi connectivity index (χ1n) is 11.9. The maximum absolute atomic E-state index is 3.91. The standard InChI is InChI=1S/C24H51Ge/c1-5-6-7-8-9-10-11-12-13-14-15-16-17-18-19-20-21-22-23-24-25(2,3)4/h1,5-24H2,2-4H3. The van der Waals surface area contributed by atoms with Gasteiger partial charge in [-0.2, -0.15) is 0 Å². The average Bonchev–Trinajstić information content (AvgIpc) is 2.56. The molecular weight excluding hydrogens is 361 g/mol. The molecule has 0 aliphatic rings. The first-order valence-corrected chi connectivity index (χ1v) is 19.6. The predicted octanol–water partition coefficient (Wildman–Crippen LogP) is 9.57. The van der Waals surface area contributed by atoms with Crippen LogP contribution in [0.15, 0.2) is 0 Å². The van der Waals surface area contributed by atoms with Crippen LogP contribution in [0.25, 0.3) is 0 Å². The molecule has 0 N–H and O–H groups in total. The zero-order valence-electron chi connectivity index (χ0n) is 18.3. The van der Waals surface area contributed by atoms with E-state index in [9.17, 15) is 0 Å². The molecular formula is C24H51Ge. The summed E-state index contributed by atoms with van der Waals surface area (Å²) in [6.07, 6.45) is 27.6. The minimum atomic E-state index is -1.23. The summed E-state index contributed by atoms with van der Waals surface area (Å²) in [7, 11) is 0.